The maximum atomic E-state index is 11.9. The van der Waals surface area contributed by atoms with E-state index in [9.17, 15) is 8.78 Å². The highest BCUT2D eigenvalue weighted by molar-refractivity contribution is 5.11. The lowest BCUT2D eigenvalue weighted by Crippen LogP contribution is -2.25. The Morgan fingerprint density at radius 3 is 2.92 bits per heavy atom. The van der Waals surface area contributed by atoms with Crippen molar-refractivity contribution >= 4 is 0 Å². The Kier molecular flexibility index (Phi) is 2.34. The molecule has 2 atom stereocenters. The summed E-state index contributed by atoms with van der Waals surface area (Å²) in [5.74, 6) is 0. The minimum Gasteiger partial charge on any atom is -0.318 e. The van der Waals surface area contributed by atoms with Gasteiger partial charge in [0.05, 0.1) is 6.10 Å². The van der Waals surface area contributed by atoms with Crippen LogP contribution in [0.25, 0.3) is 0 Å². The highest BCUT2D eigenvalue weighted by Crippen LogP contribution is 2.32. The normalized spacial score (nSPS) is 34.5. The van der Waals surface area contributed by atoms with E-state index < -0.39 is 6.61 Å². The fraction of sp³-hybridized carbons (Fsp3) is 0.778. The van der Waals surface area contributed by atoms with Crippen molar-refractivity contribution in [1.29, 1.82) is 0 Å². The van der Waals surface area contributed by atoms with Crippen LogP contribution in [0.5, 0.6) is 0 Å². The fourth-order valence-electron chi connectivity index (χ4n) is 2.27. The van der Waals surface area contributed by atoms with E-state index in [4.69, 9.17) is 0 Å². The van der Waals surface area contributed by atoms with Crippen LogP contribution in [-0.4, -0.2) is 36.7 Å². The molecule has 0 N–H and O–H groups in total. The smallest absolute Gasteiger partial charge is 0.318 e. The number of hydrogen-bond acceptors (Lipinski definition) is 2. The van der Waals surface area contributed by atoms with Crippen LogP contribution in [0, 0.1) is 0 Å². The van der Waals surface area contributed by atoms with Gasteiger partial charge in [-0.15, -0.1) is 0 Å². The maximum Gasteiger partial charge on any atom is 0.345 e. The van der Waals surface area contributed by atoms with Crippen LogP contribution >= 0.6 is 0 Å². The molecule has 0 spiro atoms. The van der Waals surface area contributed by atoms with Crippen LogP contribution < -0.4 is 0 Å². The second-order valence-corrected chi connectivity index (χ2v) is 3.79. The van der Waals surface area contributed by atoms with Crippen LogP contribution in [-0.2, 0) is 4.74 Å². The summed E-state index contributed by atoms with van der Waals surface area (Å²) >= 11 is 0. The van der Waals surface area contributed by atoms with Gasteiger partial charge < -0.3 is 4.74 Å². The molecule has 74 valence electrons. The molecule has 0 aliphatic carbocycles. The predicted octanol–water partition coefficient (Wildman–Crippen LogP) is 1.63. The number of alkyl halides is 2. The van der Waals surface area contributed by atoms with Crippen molar-refractivity contribution in [3.8, 4) is 0 Å². The molecule has 0 radical (unpaired) electrons. The zero-order valence-corrected chi connectivity index (χ0v) is 7.38. The highest BCUT2D eigenvalue weighted by atomic mass is 19.3. The van der Waals surface area contributed by atoms with Gasteiger partial charge in [0.2, 0.25) is 0 Å². The van der Waals surface area contributed by atoms with Crippen molar-refractivity contribution in [2.45, 2.75) is 31.6 Å². The van der Waals surface area contributed by atoms with E-state index >= 15 is 0 Å². The van der Waals surface area contributed by atoms with E-state index in [2.05, 4.69) is 16.2 Å². The van der Waals surface area contributed by atoms with Crippen molar-refractivity contribution in [2.75, 3.05) is 13.1 Å². The van der Waals surface area contributed by atoms with Crippen LogP contribution in [0.4, 0.5) is 8.78 Å². The van der Waals surface area contributed by atoms with Crippen LogP contribution in [0.15, 0.2) is 12.2 Å². The molecule has 0 aromatic rings. The zero-order chi connectivity index (χ0) is 9.42. The van der Waals surface area contributed by atoms with Gasteiger partial charge in [-0.25, -0.2) is 0 Å². The van der Waals surface area contributed by atoms with E-state index in [0.29, 0.717) is 12.6 Å². The molecule has 0 unspecified atom stereocenters. The number of hydrogen-bond donors (Lipinski definition) is 0. The summed E-state index contributed by atoms with van der Waals surface area (Å²) in [5.41, 5.74) is 1.21. The van der Waals surface area contributed by atoms with E-state index in [-0.39, 0.29) is 6.10 Å². The third kappa shape index (κ3) is 1.89. The van der Waals surface area contributed by atoms with Gasteiger partial charge in [-0.05, 0) is 12.8 Å². The van der Waals surface area contributed by atoms with Gasteiger partial charge in [-0.2, -0.15) is 8.78 Å². The quantitative estimate of drug-likeness (QED) is 0.612. The summed E-state index contributed by atoms with van der Waals surface area (Å²) in [6.45, 7) is 2.75. The minimum atomic E-state index is -2.63. The topological polar surface area (TPSA) is 12.5 Å². The Bertz CT molecular complexity index is 204. The van der Waals surface area contributed by atoms with Crippen molar-refractivity contribution < 1.29 is 13.5 Å². The molecule has 2 heterocycles. The molecule has 4 heteroatoms. The molecule has 0 saturated carbocycles. The van der Waals surface area contributed by atoms with Gasteiger partial charge in [0.1, 0.15) is 0 Å². The average Bonchev–Trinajstić information content (AvgIpc) is 2.41. The zero-order valence-electron chi connectivity index (χ0n) is 7.38. The molecule has 0 amide bonds. The monoisotopic (exact) mass is 189 g/mol. The summed E-state index contributed by atoms with van der Waals surface area (Å²) in [6, 6.07) is 0.399. The van der Waals surface area contributed by atoms with Gasteiger partial charge in [0.15, 0.2) is 0 Å². The first kappa shape index (κ1) is 9.09. The number of ether oxygens (including phenoxy) is 1. The van der Waals surface area contributed by atoms with Crippen molar-refractivity contribution in [3.63, 3.8) is 0 Å². The third-order valence-electron chi connectivity index (χ3n) is 2.74. The lowest BCUT2D eigenvalue weighted by atomic mass is 10.1. The molecule has 2 aliphatic rings. The van der Waals surface area contributed by atoms with Crippen molar-refractivity contribution in [2.24, 2.45) is 0 Å². The number of nitrogens with zero attached hydrogens (tertiary/aromatic N) is 1. The lowest BCUT2D eigenvalue weighted by molar-refractivity contribution is -0.158. The first-order valence-corrected chi connectivity index (χ1v) is 4.49. The SMILES string of the molecule is C=C1C[C@@H]2C[C@H](OC(F)F)CN2C1. The Balaban J connectivity index is 1.86. The number of rotatable bonds is 2. The van der Waals surface area contributed by atoms with E-state index in [1.54, 1.807) is 0 Å². The molecule has 2 aliphatic heterocycles. The van der Waals surface area contributed by atoms with Gasteiger partial charge >= 0.3 is 6.61 Å². The summed E-state index contributed by atoms with van der Waals surface area (Å²) in [7, 11) is 0. The van der Waals surface area contributed by atoms with Gasteiger partial charge in [-0.3, -0.25) is 4.90 Å². The fourth-order valence-corrected chi connectivity index (χ4v) is 2.27. The Hall–Kier alpha value is -0.480. The second kappa shape index (κ2) is 3.35. The highest BCUT2D eigenvalue weighted by Gasteiger charge is 2.38. The van der Waals surface area contributed by atoms with Crippen LogP contribution in [0.1, 0.15) is 12.8 Å². The van der Waals surface area contributed by atoms with Gasteiger partial charge in [0, 0.05) is 19.1 Å². The minimum absolute atomic E-state index is 0.280. The molecule has 2 saturated heterocycles. The molecular formula is C9H13F2NO. The average molecular weight is 189 g/mol. The number of fused-ring (bicyclic) bond motifs is 1. The van der Waals surface area contributed by atoms with Crippen LogP contribution in [0.2, 0.25) is 0 Å². The molecule has 0 bridgehead atoms. The maximum absolute atomic E-state index is 11.9. The third-order valence-corrected chi connectivity index (χ3v) is 2.74. The van der Waals surface area contributed by atoms with Crippen molar-refractivity contribution in [1.82, 2.24) is 4.90 Å². The lowest BCUT2D eigenvalue weighted by Gasteiger charge is -2.13. The van der Waals surface area contributed by atoms with Gasteiger partial charge in [-0.1, -0.05) is 12.2 Å². The second-order valence-electron chi connectivity index (χ2n) is 3.79. The molecular weight excluding hydrogens is 176 g/mol. The predicted molar refractivity (Wildman–Crippen MR) is 44.6 cm³/mol. The molecule has 2 nitrogen and oxygen atoms in total. The first-order valence-electron chi connectivity index (χ1n) is 4.49. The van der Waals surface area contributed by atoms with Gasteiger partial charge in [0.25, 0.3) is 0 Å². The molecule has 2 fully saturated rings. The molecule has 2 rings (SSSR count). The van der Waals surface area contributed by atoms with E-state index in [1.807, 2.05) is 0 Å². The summed E-state index contributed by atoms with van der Waals surface area (Å²) < 4.78 is 28.2. The Labute approximate surface area is 76.2 Å². The molecule has 0 aromatic carbocycles. The van der Waals surface area contributed by atoms with Crippen molar-refractivity contribution in [3.05, 3.63) is 12.2 Å². The Morgan fingerprint density at radius 2 is 2.31 bits per heavy atom. The largest absolute Gasteiger partial charge is 0.345 e. The number of halogens is 2. The molecule has 13 heavy (non-hydrogen) atoms. The molecule has 0 aromatic heterocycles. The Morgan fingerprint density at radius 1 is 1.54 bits per heavy atom. The van der Waals surface area contributed by atoms with E-state index in [1.165, 1.54) is 5.57 Å². The standard InChI is InChI=1S/C9H13F2NO/c1-6-2-7-3-8(13-9(10)11)5-12(7)4-6/h7-9H,1-5H2/t7-,8+/m1/s1. The first-order chi connectivity index (χ1) is 6.15. The summed E-state index contributed by atoms with van der Waals surface area (Å²) in [6.07, 6.45) is 1.39. The van der Waals surface area contributed by atoms with E-state index in [0.717, 1.165) is 19.4 Å². The van der Waals surface area contributed by atoms with Crippen LogP contribution in [0.3, 0.4) is 0 Å². The summed E-state index contributed by atoms with van der Waals surface area (Å²) in [4.78, 5) is 2.18. The summed E-state index contributed by atoms with van der Waals surface area (Å²) in [5, 5.41) is 0.